The summed E-state index contributed by atoms with van der Waals surface area (Å²) in [7, 11) is 1.88. The standard InChI is InChI=1S/C18H34N4O2/c1-19-18(20-8-11-21-9-4-2-3-5-10-21)22-12-14-24-17(15-22)16-7-6-13-23-16/h16-17H,2-15H2,1H3,(H,19,20). The van der Waals surface area contributed by atoms with E-state index in [4.69, 9.17) is 9.47 Å². The molecule has 3 rings (SSSR count). The number of guanidine groups is 1. The monoisotopic (exact) mass is 338 g/mol. The van der Waals surface area contributed by atoms with E-state index >= 15 is 0 Å². The molecule has 24 heavy (non-hydrogen) atoms. The van der Waals surface area contributed by atoms with Crippen molar-refractivity contribution in [1.29, 1.82) is 0 Å². The second kappa shape index (κ2) is 9.59. The van der Waals surface area contributed by atoms with Crippen LogP contribution in [0.2, 0.25) is 0 Å². The number of hydrogen-bond acceptors (Lipinski definition) is 4. The molecule has 3 aliphatic rings. The Bertz CT molecular complexity index is 390. The highest BCUT2D eigenvalue weighted by molar-refractivity contribution is 5.80. The van der Waals surface area contributed by atoms with Crippen molar-refractivity contribution in [2.45, 2.75) is 50.7 Å². The van der Waals surface area contributed by atoms with Crippen LogP contribution in [-0.4, -0.2) is 87.5 Å². The largest absolute Gasteiger partial charge is 0.375 e. The lowest BCUT2D eigenvalue weighted by atomic mass is 10.1. The van der Waals surface area contributed by atoms with Gasteiger partial charge in [0.15, 0.2) is 5.96 Å². The molecule has 1 N–H and O–H groups in total. The number of nitrogens with one attached hydrogen (secondary N) is 1. The van der Waals surface area contributed by atoms with Crippen molar-refractivity contribution in [3.05, 3.63) is 0 Å². The van der Waals surface area contributed by atoms with Gasteiger partial charge in [-0.1, -0.05) is 12.8 Å². The summed E-state index contributed by atoms with van der Waals surface area (Å²) in [6, 6.07) is 0. The summed E-state index contributed by atoms with van der Waals surface area (Å²) in [5, 5.41) is 3.56. The van der Waals surface area contributed by atoms with Gasteiger partial charge in [-0.05, 0) is 38.8 Å². The van der Waals surface area contributed by atoms with Crippen LogP contribution in [0.1, 0.15) is 38.5 Å². The minimum atomic E-state index is 0.186. The highest BCUT2D eigenvalue weighted by atomic mass is 16.5. The van der Waals surface area contributed by atoms with Gasteiger partial charge in [-0.2, -0.15) is 0 Å². The van der Waals surface area contributed by atoms with Gasteiger partial charge in [0, 0.05) is 39.8 Å². The zero-order chi connectivity index (χ0) is 16.6. The molecule has 0 saturated carbocycles. The molecule has 0 bridgehead atoms. The molecule has 3 aliphatic heterocycles. The maximum absolute atomic E-state index is 5.94. The van der Waals surface area contributed by atoms with Crippen molar-refractivity contribution < 1.29 is 9.47 Å². The molecule has 0 spiro atoms. The predicted octanol–water partition coefficient (Wildman–Crippen LogP) is 1.32. The summed E-state index contributed by atoms with van der Waals surface area (Å²) < 4.78 is 11.8. The molecule has 0 amide bonds. The molecule has 6 heteroatoms. The molecule has 3 heterocycles. The molecular formula is C18H34N4O2. The van der Waals surface area contributed by atoms with Gasteiger partial charge in [0.2, 0.25) is 0 Å². The SMILES string of the molecule is CN=C(NCCN1CCCCCC1)N1CCOC(C2CCCO2)C1. The maximum atomic E-state index is 5.94. The van der Waals surface area contributed by atoms with Crippen LogP contribution in [0.5, 0.6) is 0 Å². The van der Waals surface area contributed by atoms with E-state index in [-0.39, 0.29) is 12.2 Å². The van der Waals surface area contributed by atoms with Crippen LogP contribution in [0.4, 0.5) is 0 Å². The van der Waals surface area contributed by atoms with Gasteiger partial charge in [-0.25, -0.2) is 0 Å². The zero-order valence-corrected chi connectivity index (χ0v) is 15.2. The lowest BCUT2D eigenvalue weighted by Gasteiger charge is -2.37. The third-order valence-corrected chi connectivity index (χ3v) is 5.39. The fourth-order valence-electron chi connectivity index (χ4n) is 4.01. The minimum Gasteiger partial charge on any atom is -0.375 e. The van der Waals surface area contributed by atoms with Crippen LogP contribution in [0.3, 0.4) is 0 Å². The second-order valence-corrected chi connectivity index (χ2v) is 7.14. The van der Waals surface area contributed by atoms with Gasteiger partial charge in [0.1, 0.15) is 6.10 Å². The number of hydrogen-bond donors (Lipinski definition) is 1. The quantitative estimate of drug-likeness (QED) is 0.619. The number of morpholine rings is 1. The molecule has 2 unspecified atom stereocenters. The van der Waals surface area contributed by atoms with Gasteiger partial charge in [0.25, 0.3) is 0 Å². The van der Waals surface area contributed by atoms with E-state index in [2.05, 4.69) is 20.1 Å². The maximum Gasteiger partial charge on any atom is 0.193 e. The predicted molar refractivity (Wildman–Crippen MR) is 96.6 cm³/mol. The van der Waals surface area contributed by atoms with E-state index in [1.807, 2.05) is 7.05 Å². The van der Waals surface area contributed by atoms with E-state index in [9.17, 15) is 0 Å². The normalized spacial score (nSPS) is 30.4. The van der Waals surface area contributed by atoms with Gasteiger partial charge in [-0.3, -0.25) is 4.99 Å². The zero-order valence-electron chi connectivity index (χ0n) is 15.2. The molecule has 3 saturated heterocycles. The van der Waals surface area contributed by atoms with E-state index in [1.54, 1.807) is 0 Å². The van der Waals surface area contributed by atoms with Crippen molar-refractivity contribution in [2.75, 3.05) is 59.5 Å². The summed E-state index contributed by atoms with van der Waals surface area (Å²) in [6.45, 7) is 8.01. The topological polar surface area (TPSA) is 49.3 Å². The molecule has 2 atom stereocenters. The van der Waals surface area contributed by atoms with Crippen molar-refractivity contribution in [3.8, 4) is 0 Å². The summed E-state index contributed by atoms with van der Waals surface area (Å²) in [5.41, 5.74) is 0. The number of ether oxygens (including phenoxy) is 2. The Morgan fingerprint density at radius 1 is 1.00 bits per heavy atom. The number of nitrogens with zero attached hydrogens (tertiary/aromatic N) is 3. The van der Waals surface area contributed by atoms with E-state index < -0.39 is 0 Å². The Morgan fingerprint density at radius 2 is 1.79 bits per heavy atom. The first-order valence-corrected chi connectivity index (χ1v) is 9.78. The van der Waals surface area contributed by atoms with Crippen LogP contribution in [0.25, 0.3) is 0 Å². The third kappa shape index (κ3) is 5.07. The fraction of sp³-hybridized carbons (Fsp3) is 0.944. The molecule has 138 valence electrons. The fourth-order valence-corrected chi connectivity index (χ4v) is 4.01. The van der Waals surface area contributed by atoms with Crippen LogP contribution in [0.15, 0.2) is 4.99 Å². The van der Waals surface area contributed by atoms with E-state index in [0.29, 0.717) is 0 Å². The molecule has 0 aromatic heterocycles. The first-order valence-electron chi connectivity index (χ1n) is 9.78. The van der Waals surface area contributed by atoms with E-state index in [1.165, 1.54) is 38.8 Å². The Kier molecular flexibility index (Phi) is 7.17. The van der Waals surface area contributed by atoms with Crippen molar-refractivity contribution in [1.82, 2.24) is 15.1 Å². The number of likely N-dealkylation sites (tertiary alicyclic amines) is 1. The first kappa shape index (κ1) is 18.0. The van der Waals surface area contributed by atoms with Crippen LogP contribution < -0.4 is 5.32 Å². The Morgan fingerprint density at radius 3 is 2.50 bits per heavy atom. The lowest BCUT2D eigenvalue weighted by molar-refractivity contribution is -0.0817. The van der Waals surface area contributed by atoms with Crippen LogP contribution in [-0.2, 0) is 9.47 Å². The van der Waals surface area contributed by atoms with Gasteiger partial charge in [-0.15, -0.1) is 0 Å². The third-order valence-electron chi connectivity index (χ3n) is 5.39. The summed E-state index contributed by atoms with van der Waals surface area (Å²) >= 11 is 0. The van der Waals surface area contributed by atoms with Gasteiger partial charge >= 0.3 is 0 Å². The summed E-state index contributed by atoms with van der Waals surface area (Å²) in [4.78, 5) is 9.41. The van der Waals surface area contributed by atoms with Crippen molar-refractivity contribution >= 4 is 5.96 Å². The Balaban J connectivity index is 1.43. The molecule has 6 nitrogen and oxygen atoms in total. The highest BCUT2D eigenvalue weighted by Crippen LogP contribution is 2.21. The van der Waals surface area contributed by atoms with E-state index in [0.717, 1.165) is 58.2 Å². The van der Waals surface area contributed by atoms with Crippen molar-refractivity contribution in [3.63, 3.8) is 0 Å². The van der Waals surface area contributed by atoms with Crippen LogP contribution in [0, 0.1) is 0 Å². The number of rotatable bonds is 4. The molecule has 0 radical (unpaired) electrons. The Labute approximate surface area is 146 Å². The highest BCUT2D eigenvalue weighted by Gasteiger charge is 2.32. The first-order chi connectivity index (χ1) is 11.9. The minimum absolute atomic E-state index is 0.186. The molecule has 0 aliphatic carbocycles. The average molecular weight is 338 g/mol. The average Bonchev–Trinajstić information content (AvgIpc) is 3.04. The molecule has 0 aromatic rings. The molecule has 3 fully saturated rings. The second-order valence-electron chi connectivity index (χ2n) is 7.14. The molecular weight excluding hydrogens is 304 g/mol. The smallest absolute Gasteiger partial charge is 0.193 e. The molecule has 0 aromatic carbocycles. The lowest BCUT2D eigenvalue weighted by Crippen LogP contribution is -2.54. The Hall–Kier alpha value is -0.850. The number of aliphatic imine (C=N–C) groups is 1. The van der Waals surface area contributed by atoms with Crippen molar-refractivity contribution in [2.24, 2.45) is 4.99 Å². The van der Waals surface area contributed by atoms with Gasteiger partial charge < -0.3 is 24.6 Å². The summed E-state index contributed by atoms with van der Waals surface area (Å²) in [5.74, 6) is 1.01. The van der Waals surface area contributed by atoms with Gasteiger partial charge in [0.05, 0.1) is 12.7 Å². The summed E-state index contributed by atoms with van der Waals surface area (Å²) in [6.07, 6.45) is 8.22. The van der Waals surface area contributed by atoms with Crippen LogP contribution >= 0.6 is 0 Å².